The van der Waals surface area contributed by atoms with Crippen molar-refractivity contribution in [2.45, 2.75) is 6.92 Å². The minimum absolute atomic E-state index is 0.00314. The largest absolute Gasteiger partial charge is 0.455 e. The Morgan fingerprint density at radius 1 is 0.946 bits per heavy atom. The van der Waals surface area contributed by atoms with Gasteiger partial charge in [-0.05, 0) is 55.5 Å². The van der Waals surface area contributed by atoms with Crippen LogP contribution < -0.4 is 5.56 Å². The fourth-order valence-electron chi connectivity index (χ4n) is 4.08. The van der Waals surface area contributed by atoms with E-state index in [1.54, 1.807) is 66.7 Å². The molecular weight excluding hydrogens is 490 g/mol. The molecule has 8 heteroatoms. The van der Waals surface area contributed by atoms with Gasteiger partial charge in [0.1, 0.15) is 17.1 Å². The van der Waals surface area contributed by atoms with E-state index < -0.39 is 0 Å². The Kier molecular flexibility index (Phi) is 5.54. The highest BCUT2D eigenvalue weighted by Crippen LogP contribution is 2.29. The summed E-state index contributed by atoms with van der Waals surface area (Å²) in [6.07, 6.45) is 1.45. The molecule has 0 radical (unpaired) electrons. The number of rotatable bonds is 5. The van der Waals surface area contributed by atoms with Gasteiger partial charge in [-0.3, -0.25) is 9.59 Å². The zero-order valence-corrected chi connectivity index (χ0v) is 20.3. The number of hydrogen-bond acceptors (Lipinski definition) is 6. The van der Waals surface area contributed by atoms with E-state index in [4.69, 9.17) is 20.4 Å². The van der Waals surface area contributed by atoms with Crippen molar-refractivity contribution in [2.24, 2.45) is 5.10 Å². The molecule has 37 heavy (non-hydrogen) atoms. The first-order chi connectivity index (χ1) is 18.0. The maximum Gasteiger partial charge on any atom is 0.282 e. The average molecular weight is 508 g/mol. The maximum absolute atomic E-state index is 13.4. The summed E-state index contributed by atoms with van der Waals surface area (Å²) in [5.74, 6) is 1.67. The highest BCUT2D eigenvalue weighted by atomic mass is 35.5. The van der Waals surface area contributed by atoms with Gasteiger partial charge in [-0.25, -0.2) is 4.98 Å². The van der Waals surface area contributed by atoms with E-state index in [9.17, 15) is 9.59 Å². The number of Topliss-reactive ketones (excluding diaryl/α,β-unsaturated/α-hetero) is 1. The highest BCUT2D eigenvalue weighted by Gasteiger charge is 2.17. The maximum atomic E-state index is 13.4. The van der Waals surface area contributed by atoms with Crippen molar-refractivity contribution in [2.75, 3.05) is 0 Å². The topological polar surface area (TPSA) is 90.6 Å². The van der Waals surface area contributed by atoms with Crippen LogP contribution in [0.4, 0.5) is 0 Å². The van der Waals surface area contributed by atoms with E-state index in [1.165, 1.54) is 17.8 Å². The average Bonchev–Trinajstić information content (AvgIpc) is 3.55. The Labute approximate surface area is 215 Å². The molecule has 0 saturated heterocycles. The third-order valence-corrected chi connectivity index (χ3v) is 6.19. The summed E-state index contributed by atoms with van der Waals surface area (Å²) < 4.78 is 13.1. The molecule has 0 saturated carbocycles. The van der Waals surface area contributed by atoms with Crippen LogP contribution in [0.5, 0.6) is 0 Å². The molecule has 0 atom stereocenters. The van der Waals surface area contributed by atoms with Crippen molar-refractivity contribution < 1.29 is 13.6 Å². The van der Waals surface area contributed by atoms with Gasteiger partial charge in [0.15, 0.2) is 11.5 Å². The summed E-state index contributed by atoms with van der Waals surface area (Å²) in [6.45, 7) is 1.52. The lowest BCUT2D eigenvalue weighted by Gasteiger charge is -2.06. The highest BCUT2D eigenvalue weighted by molar-refractivity contribution is 6.31. The molecule has 0 aliphatic rings. The lowest BCUT2D eigenvalue weighted by molar-refractivity contribution is 0.101. The van der Waals surface area contributed by atoms with Gasteiger partial charge >= 0.3 is 0 Å². The van der Waals surface area contributed by atoms with Crippen molar-refractivity contribution in [3.05, 3.63) is 112 Å². The molecule has 0 N–H and O–H groups in total. The molecule has 3 heterocycles. The number of ketones is 1. The smallest absolute Gasteiger partial charge is 0.282 e. The summed E-state index contributed by atoms with van der Waals surface area (Å²) in [4.78, 5) is 29.6. The molecule has 0 spiro atoms. The molecule has 0 aliphatic carbocycles. The van der Waals surface area contributed by atoms with Crippen molar-refractivity contribution >= 4 is 45.5 Å². The minimum Gasteiger partial charge on any atom is -0.455 e. The summed E-state index contributed by atoms with van der Waals surface area (Å²) in [5, 5.41) is 6.21. The number of aromatic nitrogens is 2. The van der Waals surface area contributed by atoms with E-state index in [-0.39, 0.29) is 17.2 Å². The standard InChI is InChI=1S/C29H18ClN3O4/c1-17(34)18-6-8-19(9-7-18)25-13-11-22(36-25)16-31-33-28(32-24-5-3-2-4-23(24)29(33)35)27-15-20-14-21(30)10-12-26(20)37-27/h2-16H,1H3. The van der Waals surface area contributed by atoms with E-state index in [2.05, 4.69) is 10.1 Å². The monoisotopic (exact) mass is 507 g/mol. The zero-order valence-electron chi connectivity index (χ0n) is 19.5. The van der Waals surface area contributed by atoms with Crippen LogP contribution in [0, 0.1) is 0 Å². The first-order valence-electron chi connectivity index (χ1n) is 11.4. The summed E-state index contributed by atoms with van der Waals surface area (Å²) in [5.41, 5.74) is 2.24. The number of benzene rings is 3. The van der Waals surface area contributed by atoms with E-state index >= 15 is 0 Å². The molecule has 3 aromatic heterocycles. The number of nitrogens with zero attached hydrogens (tertiary/aromatic N) is 3. The van der Waals surface area contributed by atoms with Crippen LogP contribution in [0.15, 0.2) is 104 Å². The van der Waals surface area contributed by atoms with Gasteiger partial charge < -0.3 is 8.83 Å². The molecule has 6 aromatic rings. The summed E-state index contributed by atoms with van der Waals surface area (Å²) >= 11 is 6.13. The third kappa shape index (κ3) is 4.26. The molecular formula is C29H18ClN3O4. The molecule has 0 aliphatic heterocycles. The van der Waals surface area contributed by atoms with Gasteiger partial charge in [-0.15, -0.1) is 0 Å². The molecule has 0 fully saturated rings. The number of carbonyl (C=O) groups excluding carboxylic acids is 1. The minimum atomic E-state index is -0.345. The van der Waals surface area contributed by atoms with Gasteiger partial charge in [-0.2, -0.15) is 9.78 Å². The number of para-hydroxylation sites is 1. The SMILES string of the molecule is CC(=O)c1ccc(-c2ccc(C=Nn3c(-c4cc5cc(Cl)ccc5o4)nc4ccccc4c3=O)o2)cc1. The van der Waals surface area contributed by atoms with Crippen molar-refractivity contribution in [1.82, 2.24) is 9.66 Å². The van der Waals surface area contributed by atoms with Gasteiger partial charge in [0, 0.05) is 21.5 Å². The van der Waals surface area contributed by atoms with Crippen molar-refractivity contribution in [3.8, 4) is 22.9 Å². The Balaban J connectivity index is 1.42. The van der Waals surface area contributed by atoms with Crippen LogP contribution in [0.25, 0.3) is 44.8 Å². The number of furan rings is 2. The second-order valence-corrected chi connectivity index (χ2v) is 8.88. The number of carbonyl (C=O) groups is 1. The molecule has 6 rings (SSSR count). The quantitative estimate of drug-likeness (QED) is 0.189. The first kappa shape index (κ1) is 22.7. The third-order valence-electron chi connectivity index (χ3n) is 5.96. The number of hydrogen-bond donors (Lipinski definition) is 0. The lowest BCUT2D eigenvalue weighted by Crippen LogP contribution is -2.20. The second-order valence-electron chi connectivity index (χ2n) is 8.44. The van der Waals surface area contributed by atoms with Crippen molar-refractivity contribution in [1.29, 1.82) is 0 Å². The van der Waals surface area contributed by atoms with Crippen LogP contribution in [-0.2, 0) is 0 Å². The molecule has 7 nitrogen and oxygen atoms in total. The van der Waals surface area contributed by atoms with Gasteiger partial charge in [-0.1, -0.05) is 48.0 Å². The Morgan fingerprint density at radius 3 is 2.57 bits per heavy atom. The Hall–Kier alpha value is -4.75. The predicted octanol–water partition coefficient (Wildman–Crippen LogP) is 6.81. The van der Waals surface area contributed by atoms with Gasteiger partial charge in [0.2, 0.25) is 5.82 Å². The van der Waals surface area contributed by atoms with Gasteiger partial charge in [0.25, 0.3) is 5.56 Å². The van der Waals surface area contributed by atoms with E-state index in [0.29, 0.717) is 44.4 Å². The lowest BCUT2D eigenvalue weighted by atomic mass is 10.1. The van der Waals surface area contributed by atoms with Crippen LogP contribution >= 0.6 is 11.6 Å². The normalized spacial score (nSPS) is 11.6. The van der Waals surface area contributed by atoms with Crippen LogP contribution in [0.3, 0.4) is 0 Å². The number of fused-ring (bicyclic) bond motifs is 2. The van der Waals surface area contributed by atoms with Gasteiger partial charge in [0.05, 0.1) is 17.1 Å². The molecule has 180 valence electrons. The number of halogens is 1. The Bertz CT molecular complexity index is 1890. The van der Waals surface area contributed by atoms with Crippen LogP contribution in [0.2, 0.25) is 5.02 Å². The Morgan fingerprint density at radius 2 is 1.76 bits per heavy atom. The molecule has 0 bridgehead atoms. The van der Waals surface area contributed by atoms with Crippen LogP contribution in [-0.4, -0.2) is 21.7 Å². The van der Waals surface area contributed by atoms with E-state index in [1.807, 2.05) is 18.2 Å². The fourth-order valence-corrected chi connectivity index (χ4v) is 4.26. The summed E-state index contributed by atoms with van der Waals surface area (Å²) in [7, 11) is 0. The van der Waals surface area contributed by atoms with E-state index in [0.717, 1.165) is 10.9 Å². The fraction of sp³-hybridized carbons (Fsp3) is 0.0345. The molecule has 3 aromatic carbocycles. The van der Waals surface area contributed by atoms with Crippen molar-refractivity contribution in [3.63, 3.8) is 0 Å². The first-order valence-corrected chi connectivity index (χ1v) is 11.8. The molecule has 0 amide bonds. The second kappa shape index (κ2) is 9.04. The predicted molar refractivity (Wildman–Crippen MR) is 143 cm³/mol. The zero-order chi connectivity index (χ0) is 25.5. The summed E-state index contributed by atoms with van der Waals surface area (Å²) in [6, 6.07) is 24.8. The molecule has 0 unspecified atom stereocenters. The van der Waals surface area contributed by atoms with Crippen LogP contribution in [0.1, 0.15) is 23.0 Å².